The molecule has 1 N–H and O–H groups in total. The molecule has 0 atom stereocenters. The number of benzene rings is 2. The minimum atomic E-state index is -4.52. The van der Waals surface area contributed by atoms with Crippen molar-refractivity contribution in [1.29, 1.82) is 0 Å². The number of carboxylic acid groups (broad SMARTS) is 1. The topological polar surface area (TPSA) is 66.8 Å². The summed E-state index contributed by atoms with van der Waals surface area (Å²) in [4.78, 5) is 25.6. The summed E-state index contributed by atoms with van der Waals surface area (Å²) in [5.74, 6) is -1.14. The molecule has 2 aromatic carbocycles. The van der Waals surface area contributed by atoms with E-state index in [9.17, 15) is 22.8 Å². The number of hydrogen-bond acceptors (Lipinski definition) is 3. The Bertz CT molecular complexity index is 1150. The Morgan fingerprint density at radius 1 is 1.21 bits per heavy atom. The fourth-order valence-corrected chi connectivity index (χ4v) is 4.30. The lowest BCUT2D eigenvalue weighted by molar-refractivity contribution is -0.153. The van der Waals surface area contributed by atoms with Crippen LogP contribution >= 0.6 is 0 Å². The van der Waals surface area contributed by atoms with E-state index in [2.05, 4.69) is 0 Å². The predicted octanol–water partition coefficient (Wildman–Crippen LogP) is 6.12. The van der Waals surface area contributed by atoms with Gasteiger partial charge in [0.05, 0.1) is 0 Å². The van der Waals surface area contributed by atoms with Crippen molar-refractivity contribution >= 4 is 23.6 Å². The van der Waals surface area contributed by atoms with Crippen LogP contribution in [0.5, 0.6) is 5.75 Å². The number of hydrogen-bond donors (Lipinski definition) is 1. The van der Waals surface area contributed by atoms with Gasteiger partial charge in [-0.25, -0.2) is 4.79 Å². The van der Waals surface area contributed by atoms with Gasteiger partial charge in [0.15, 0.2) is 6.61 Å². The number of carbonyl (C=O) groups is 2. The van der Waals surface area contributed by atoms with Gasteiger partial charge < -0.3 is 14.7 Å². The van der Waals surface area contributed by atoms with Gasteiger partial charge in [0.1, 0.15) is 5.75 Å². The van der Waals surface area contributed by atoms with Crippen molar-refractivity contribution in [2.45, 2.75) is 58.7 Å². The molecular weight excluding hydrogens is 447 g/mol. The molecule has 34 heavy (non-hydrogen) atoms. The summed E-state index contributed by atoms with van der Waals surface area (Å²) in [5, 5.41) is 8.95. The second-order valence-electron chi connectivity index (χ2n) is 9.43. The molecule has 0 saturated heterocycles. The van der Waals surface area contributed by atoms with E-state index >= 15 is 0 Å². The lowest BCUT2D eigenvalue weighted by atomic mass is 9.75. The number of nitrogens with zero attached hydrogens (tertiary/aromatic N) is 1. The molecule has 0 bridgehead atoms. The molecule has 0 spiro atoms. The summed E-state index contributed by atoms with van der Waals surface area (Å²) < 4.78 is 43.8. The number of aliphatic carboxylic acids is 1. The fraction of sp³-hybridized carbons (Fsp3) is 0.385. The number of amides is 1. The van der Waals surface area contributed by atoms with Gasteiger partial charge in [-0.05, 0) is 67.3 Å². The lowest BCUT2D eigenvalue weighted by Crippen LogP contribution is -2.45. The Morgan fingerprint density at radius 2 is 1.88 bits per heavy atom. The lowest BCUT2D eigenvalue weighted by Gasteiger charge is -2.41. The first-order chi connectivity index (χ1) is 15.7. The van der Waals surface area contributed by atoms with Crippen LogP contribution in [-0.2, 0) is 15.0 Å². The van der Waals surface area contributed by atoms with Crippen molar-refractivity contribution in [2.75, 3.05) is 11.5 Å². The molecule has 2 aromatic rings. The van der Waals surface area contributed by atoms with E-state index in [1.807, 2.05) is 46.8 Å². The number of ether oxygens (including phenoxy) is 1. The number of fused-ring (bicyclic) bond motifs is 1. The maximum atomic E-state index is 12.9. The third kappa shape index (κ3) is 5.43. The molecule has 0 saturated carbocycles. The van der Waals surface area contributed by atoms with Gasteiger partial charge >= 0.3 is 12.1 Å². The number of halogens is 3. The monoisotopic (exact) mass is 475 g/mol. The smallest absolute Gasteiger partial charge is 0.422 e. The molecule has 3 rings (SSSR count). The zero-order valence-electron chi connectivity index (χ0n) is 19.8. The van der Waals surface area contributed by atoms with Crippen molar-refractivity contribution in [3.05, 3.63) is 53.1 Å². The van der Waals surface area contributed by atoms with Gasteiger partial charge in [0.25, 0.3) is 0 Å². The molecule has 0 fully saturated rings. The molecule has 0 unspecified atom stereocenters. The minimum Gasteiger partial charge on any atom is -0.483 e. The van der Waals surface area contributed by atoms with E-state index < -0.39 is 24.2 Å². The summed E-state index contributed by atoms with van der Waals surface area (Å²) in [6.07, 6.45) is -1.85. The minimum absolute atomic E-state index is 0.0188. The molecule has 5 nitrogen and oxygen atoms in total. The van der Waals surface area contributed by atoms with Gasteiger partial charge in [-0.2, -0.15) is 13.2 Å². The van der Waals surface area contributed by atoms with E-state index in [1.165, 1.54) is 18.2 Å². The zero-order valence-corrected chi connectivity index (χ0v) is 19.8. The SMILES string of the molecule is Cc1cc2c(cc1-c1cc(/C=C/C(=O)O)ccc1OCC(F)(F)F)N(C(C)C)C(=O)CC2(C)C. The quantitative estimate of drug-likeness (QED) is 0.511. The largest absolute Gasteiger partial charge is 0.483 e. The molecule has 182 valence electrons. The summed E-state index contributed by atoms with van der Waals surface area (Å²) in [6, 6.07) is 8.18. The molecule has 0 aliphatic carbocycles. The number of alkyl halides is 3. The highest BCUT2D eigenvalue weighted by Gasteiger charge is 2.38. The highest BCUT2D eigenvalue weighted by atomic mass is 19.4. The first-order valence-corrected chi connectivity index (χ1v) is 10.9. The van der Waals surface area contributed by atoms with Crippen molar-refractivity contribution in [1.82, 2.24) is 0 Å². The number of anilines is 1. The fourth-order valence-electron chi connectivity index (χ4n) is 4.30. The molecule has 1 heterocycles. The standard InChI is InChI=1S/C26H28F3NO4/c1-15(2)30-21-12-18(16(3)10-20(21)25(4,5)13-23(30)31)19-11-17(7-9-24(32)33)6-8-22(19)34-14-26(27,28)29/h6-12,15H,13-14H2,1-5H3,(H,32,33)/b9-7+. The Labute approximate surface area is 196 Å². The van der Waals surface area contributed by atoms with Crippen LogP contribution in [0.25, 0.3) is 17.2 Å². The number of aryl methyl sites for hydroxylation is 1. The molecule has 1 aliphatic heterocycles. The van der Waals surface area contributed by atoms with Gasteiger partial charge in [-0.3, -0.25) is 4.79 Å². The van der Waals surface area contributed by atoms with Gasteiger partial charge in [0, 0.05) is 35.2 Å². The van der Waals surface area contributed by atoms with Gasteiger partial charge in [0.2, 0.25) is 5.91 Å². The van der Waals surface area contributed by atoms with Crippen LogP contribution in [-0.4, -0.2) is 35.8 Å². The third-order valence-electron chi connectivity index (χ3n) is 5.81. The third-order valence-corrected chi connectivity index (χ3v) is 5.81. The van der Waals surface area contributed by atoms with Crippen molar-refractivity contribution in [3.8, 4) is 16.9 Å². The van der Waals surface area contributed by atoms with Crippen LogP contribution in [0.4, 0.5) is 18.9 Å². The van der Waals surface area contributed by atoms with Crippen LogP contribution in [0.2, 0.25) is 0 Å². The Hall–Kier alpha value is -3.29. The average Bonchev–Trinajstić information content (AvgIpc) is 2.70. The summed E-state index contributed by atoms with van der Waals surface area (Å²) in [5.41, 5.74) is 3.59. The average molecular weight is 476 g/mol. The zero-order chi connectivity index (χ0) is 25.4. The van der Waals surface area contributed by atoms with E-state index in [0.29, 0.717) is 28.8 Å². The van der Waals surface area contributed by atoms with E-state index in [-0.39, 0.29) is 17.7 Å². The van der Waals surface area contributed by atoms with Crippen molar-refractivity contribution in [3.63, 3.8) is 0 Å². The Balaban J connectivity index is 2.23. The summed E-state index contributed by atoms with van der Waals surface area (Å²) >= 11 is 0. The molecule has 0 radical (unpaired) electrons. The van der Waals surface area contributed by atoms with Crippen LogP contribution in [0.3, 0.4) is 0 Å². The van der Waals surface area contributed by atoms with E-state index in [0.717, 1.165) is 17.2 Å². The first kappa shape index (κ1) is 25.3. The van der Waals surface area contributed by atoms with Gasteiger partial charge in [-0.15, -0.1) is 0 Å². The van der Waals surface area contributed by atoms with Crippen LogP contribution in [0.1, 0.15) is 50.8 Å². The summed E-state index contributed by atoms with van der Waals surface area (Å²) in [6.45, 7) is 8.21. The number of carbonyl (C=O) groups excluding carboxylic acids is 1. The van der Waals surface area contributed by atoms with Crippen LogP contribution in [0.15, 0.2) is 36.4 Å². The molecular formula is C26H28F3NO4. The van der Waals surface area contributed by atoms with Crippen LogP contribution < -0.4 is 9.64 Å². The van der Waals surface area contributed by atoms with E-state index in [1.54, 1.807) is 11.0 Å². The molecule has 0 aromatic heterocycles. The predicted molar refractivity (Wildman–Crippen MR) is 125 cm³/mol. The number of rotatable bonds is 6. The Kier molecular flexibility index (Phi) is 6.82. The summed E-state index contributed by atoms with van der Waals surface area (Å²) in [7, 11) is 0. The molecule has 1 aliphatic rings. The normalized spacial score (nSPS) is 15.7. The van der Waals surface area contributed by atoms with Crippen LogP contribution in [0, 0.1) is 6.92 Å². The van der Waals surface area contributed by atoms with Crippen molar-refractivity contribution < 1.29 is 32.6 Å². The van der Waals surface area contributed by atoms with Crippen molar-refractivity contribution in [2.24, 2.45) is 0 Å². The van der Waals surface area contributed by atoms with Gasteiger partial charge in [-0.1, -0.05) is 26.0 Å². The first-order valence-electron chi connectivity index (χ1n) is 10.9. The second kappa shape index (κ2) is 9.16. The maximum Gasteiger partial charge on any atom is 0.422 e. The highest BCUT2D eigenvalue weighted by Crippen LogP contribution is 2.45. The second-order valence-corrected chi connectivity index (χ2v) is 9.43. The highest BCUT2D eigenvalue weighted by molar-refractivity contribution is 5.99. The molecule has 8 heteroatoms. The maximum absolute atomic E-state index is 12.9. The molecule has 1 amide bonds. The van der Waals surface area contributed by atoms with E-state index in [4.69, 9.17) is 9.84 Å². The number of carboxylic acids is 1. The Morgan fingerprint density at radius 3 is 2.47 bits per heavy atom.